The van der Waals surface area contributed by atoms with Gasteiger partial charge in [-0.3, -0.25) is 4.68 Å². The molecule has 0 saturated carbocycles. The molecule has 1 aromatic carbocycles. The van der Waals surface area contributed by atoms with Crippen molar-refractivity contribution in [1.82, 2.24) is 9.78 Å². The molecule has 1 heterocycles. The molecule has 2 rings (SSSR count). The van der Waals surface area contributed by atoms with Crippen LogP contribution in [0, 0.1) is 0 Å². The second kappa shape index (κ2) is 5.47. The average molecular weight is 266 g/mol. The van der Waals surface area contributed by atoms with Crippen molar-refractivity contribution < 1.29 is 13.6 Å². The van der Waals surface area contributed by atoms with Gasteiger partial charge in [-0.05, 0) is 12.1 Å². The third kappa shape index (κ3) is 3.51. The lowest BCUT2D eigenvalue weighted by Gasteiger charge is -2.07. The number of aryl methyl sites for hydroxylation is 1. The lowest BCUT2D eigenvalue weighted by Crippen LogP contribution is -2.19. The predicted molar refractivity (Wildman–Crippen MR) is 67.2 cm³/mol. The lowest BCUT2D eigenvalue weighted by molar-refractivity contribution is 0.151. The van der Waals surface area contributed by atoms with Gasteiger partial charge in [-0.15, -0.1) is 0 Å². The number of nitrogens with one attached hydrogen (secondary N) is 2. The molecule has 2 aromatic rings. The maximum absolute atomic E-state index is 12.5. The summed E-state index contributed by atoms with van der Waals surface area (Å²) in [6, 6.07) is 5.01. The van der Waals surface area contributed by atoms with E-state index in [0.717, 1.165) is 0 Å². The third-order valence-corrected chi connectivity index (χ3v) is 2.36. The summed E-state index contributed by atoms with van der Waals surface area (Å²) in [4.78, 5) is 11.6. The van der Waals surface area contributed by atoms with Crippen LogP contribution in [0.25, 0.3) is 0 Å². The van der Waals surface area contributed by atoms with E-state index < -0.39 is 12.5 Å². The van der Waals surface area contributed by atoms with Gasteiger partial charge in [-0.1, -0.05) is 12.1 Å². The van der Waals surface area contributed by atoms with E-state index in [2.05, 4.69) is 15.7 Å². The molecule has 2 N–H and O–H groups in total. The largest absolute Gasteiger partial charge is 0.323 e. The zero-order chi connectivity index (χ0) is 13.8. The number of carbonyl (C=O) groups excluding carboxylic acids is 1. The first-order valence-corrected chi connectivity index (χ1v) is 5.49. The first-order chi connectivity index (χ1) is 9.04. The van der Waals surface area contributed by atoms with Crippen LogP contribution in [0.2, 0.25) is 0 Å². The van der Waals surface area contributed by atoms with E-state index >= 15 is 0 Å². The van der Waals surface area contributed by atoms with Crippen LogP contribution in [-0.4, -0.2) is 15.8 Å². The van der Waals surface area contributed by atoms with Crippen LogP contribution in [0.1, 0.15) is 12.0 Å². The highest BCUT2D eigenvalue weighted by molar-refractivity contribution is 5.99. The molecule has 100 valence electrons. The van der Waals surface area contributed by atoms with Crippen LogP contribution in [0.3, 0.4) is 0 Å². The van der Waals surface area contributed by atoms with Gasteiger partial charge >= 0.3 is 6.03 Å². The predicted octanol–water partition coefficient (Wildman–Crippen LogP) is 3.00. The van der Waals surface area contributed by atoms with E-state index in [-0.39, 0.29) is 5.56 Å². The fraction of sp³-hybridized carbons (Fsp3) is 0.167. The van der Waals surface area contributed by atoms with Gasteiger partial charge in [0.2, 0.25) is 0 Å². The number of hydrogen-bond donors (Lipinski definition) is 2. The molecule has 0 bridgehead atoms. The number of amides is 2. The van der Waals surface area contributed by atoms with Crippen molar-refractivity contribution in [2.45, 2.75) is 6.43 Å². The SMILES string of the molecule is Cn1cc(NC(=O)Nc2cccc(C(F)F)c2)cn1. The van der Waals surface area contributed by atoms with Crippen molar-refractivity contribution in [1.29, 1.82) is 0 Å². The van der Waals surface area contributed by atoms with Crippen LogP contribution in [0.4, 0.5) is 25.0 Å². The van der Waals surface area contributed by atoms with Gasteiger partial charge in [-0.2, -0.15) is 5.10 Å². The maximum atomic E-state index is 12.5. The van der Waals surface area contributed by atoms with Crippen LogP contribution < -0.4 is 10.6 Å². The monoisotopic (exact) mass is 266 g/mol. The lowest BCUT2D eigenvalue weighted by atomic mass is 10.2. The van der Waals surface area contributed by atoms with Crippen molar-refractivity contribution in [2.24, 2.45) is 7.05 Å². The molecule has 0 aliphatic heterocycles. The number of nitrogens with zero attached hydrogens (tertiary/aromatic N) is 2. The fourth-order valence-electron chi connectivity index (χ4n) is 1.53. The summed E-state index contributed by atoms with van der Waals surface area (Å²) in [6.45, 7) is 0. The van der Waals surface area contributed by atoms with Crippen molar-refractivity contribution in [3.05, 3.63) is 42.2 Å². The molecule has 0 radical (unpaired) electrons. The summed E-state index contributed by atoms with van der Waals surface area (Å²) in [5.41, 5.74) is 0.684. The molecular weight excluding hydrogens is 254 g/mol. The Morgan fingerprint density at radius 2 is 2.05 bits per heavy atom. The minimum absolute atomic E-state index is 0.140. The minimum Gasteiger partial charge on any atom is -0.308 e. The minimum atomic E-state index is -2.57. The molecule has 0 fully saturated rings. The maximum Gasteiger partial charge on any atom is 0.323 e. The van der Waals surface area contributed by atoms with Crippen LogP contribution >= 0.6 is 0 Å². The summed E-state index contributed by atoms with van der Waals surface area (Å²) in [5.74, 6) is 0. The highest BCUT2D eigenvalue weighted by Crippen LogP contribution is 2.21. The number of aromatic nitrogens is 2. The Balaban J connectivity index is 2.00. The van der Waals surface area contributed by atoms with Crippen LogP contribution in [0.15, 0.2) is 36.7 Å². The Labute approximate surface area is 108 Å². The Bertz CT molecular complexity index is 583. The van der Waals surface area contributed by atoms with Crippen molar-refractivity contribution in [3.63, 3.8) is 0 Å². The fourth-order valence-corrected chi connectivity index (χ4v) is 1.53. The van der Waals surface area contributed by atoms with E-state index in [0.29, 0.717) is 11.4 Å². The second-order valence-corrected chi connectivity index (χ2v) is 3.91. The summed E-state index contributed by atoms with van der Waals surface area (Å²) in [6.07, 6.45) is 0.535. The number of rotatable bonds is 3. The van der Waals surface area contributed by atoms with Gasteiger partial charge in [0.15, 0.2) is 0 Å². The molecule has 0 spiro atoms. The van der Waals surface area contributed by atoms with E-state index in [1.807, 2.05) is 0 Å². The first kappa shape index (κ1) is 13.0. The van der Waals surface area contributed by atoms with Crippen molar-refractivity contribution >= 4 is 17.4 Å². The number of carbonyl (C=O) groups is 1. The molecule has 0 aliphatic carbocycles. The van der Waals surface area contributed by atoms with Gasteiger partial charge in [0.25, 0.3) is 6.43 Å². The number of urea groups is 1. The normalized spacial score (nSPS) is 10.5. The Hall–Kier alpha value is -2.44. The topological polar surface area (TPSA) is 59.0 Å². The van der Waals surface area contributed by atoms with Crippen LogP contribution in [0.5, 0.6) is 0 Å². The van der Waals surface area contributed by atoms with E-state index in [1.165, 1.54) is 35.1 Å². The first-order valence-electron chi connectivity index (χ1n) is 5.49. The molecule has 7 heteroatoms. The van der Waals surface area contributed by atoms with Gasteiger partial charge in [0, 0.05) is 24.5 Å². The molecule has 1 aromatic heterocycles. The molecule has 19 heavy (non-hydrogen) atoms. The zero-order valence-corrected chi connectivity index (χ0v) is 10.1. The standard InChI is InChI=1S/C12H12F2N4O/c1-18-7-10(6-15-18)17-12(19)16-9-4-2-3-8(5-9)11(13)14/h2-7,11H,1H3,(H2,16,17,19). The van der Waals surface area contributed by atoms with E-state index in [9.17, 15) is 13.6 Å². The molecule has 0 atom stereocenters. The quantitative estimate of drug-likeness (QED) is 0.897. The van der Waals surface area contributed by atoms with Gasteiger partial charge in [0.05, 0.1) is 11.9 Å². The number of hydrogen-bond acceptors (Lipinski definition) is 2. The van der Waals surface area contributed by atoms with Crippen LogP contribution in [-0.2, 0) is 7.05 Å². The highest BCUT2D eigenvalue weighted by Gasteiger charge is 2.09. The molecule has 2 amide bonds. The van der Waals surface area contributed by atoms with Gasteiger partial charge in [0.1, 0.15) is 0 Å². The Morgan fingerprint density at radius 1 is 1.32 bits per heavy atom. The average Bonchev–Trinajstić information content (AvgIpc) is 2.74. The van der Waals surface area contributed by atoms with Gasteiger partial charge < -0.3 is 10.6 Å². The highest BCUT2D eigenvalue weighted by atomic mass is 19.3. The smallest absolute Gasteiger partial charge is 0.308 e. The summed E-state index contributed by atoms with van der Waals surface area (Å²) < 4.78 is 26.5. The van der Waals surface area contributed by atoms with E-state index in [4.69, 9.17) is 0 Å². The summed E-state index contributed by atoms with van der Waals surface area (Å²) >= 11 is 0. The molecule has 0 unspecified atom stereocenters. The Morgan fingerprint density at radius 3 is 2.68 bits per heavy atom. The van der Waals surface area contributed by atoms with Crippen molar-refractivity contribution in [3.8, 4) is 0 Å². The second-order valence-electron chi connectivity index (χ2n) is 3.91. The van der Waals surface area contributed by atoms with E-state index in [1.54, 1.807) is 13.2 Å². The van der Waals surface area contributed by atoms with Gasteiger partial charge in [-0.25, -0.2) is 13.6 Å². The zero-order valence-electron chi connectivity index (χ0n) is 10.1. The molecule has 0 aliphatic rings. The molecule has 5 nitrogen and oxygen atoms in total. The number of benzene rings is 1. The number of halogens is 2. The summed E-state index contributed by atoms with van der Waals surface area (Å²) in [7, 11) is 1.72. The molecular formula is C12H12F2N4O. The number of anilines is 2. The third-order valence-electron chi connectivity index (χ3n) is 2.36. The summed E-state index contributed by atoms with van der Waals surface area (Å²) in [5, 5.41) is 8.90. The Kier molecular flexibility index (Phi) is 3.74. The molecule has 0 saturated heterocycles. The van der Waals surface area contributed by atoms with Crippen molar-refractivity contribution in [2.75, 3.05) is 10.6 Å². The number of alkyl halides is 2.